The number of thiophene rings is 1. The summed E-state index contributed by atoms with van der Waals surface area (Å²) in [5.74, 6) is 2.34. The van der Waals surface area contributed by atoms with E-state index in [1.165, 1.54) is 22.6 Å². The number of halogens is 1. The Hall–Kier alpha value is -1.30. The summed E-state index contributed by atoms with van der Waals surface area (Å²) in [4.78, 5) is 2.27. The zero-order valence-corrected chi connectivity index (χ0v) is 12.8. The van der Waals surface area contributed by atoms with Crippen molar-refractivity contribution in [1.29, 1.82) is 0 Å². The van der Waals surface area contributed by atoms with Crippen LogP contribution in [0.2, 0.25) is 0 Å². The Kier molecular flexibility index (Phi) is 3.28. The van der Waals surface area contributed by atoms with Crippen LogP contribution in [-0.2, 0) is 12.2 Å². The first-order valence-corrected chi connectivity index (χ1v) is 8.74. The summed E-state index contributed by atoms with van der Waals surface area (Å²) < 4.78 is 18.9. The number of benzene rings is 1. The van der Waals surface area contributed by atoms with Gasteiger partial charge in [0.1, 0.15) is 23.3 Å². The second-order valence-corrected chi connectivity index (χ2v) is 7.41. The normalized spacial score (nSPS) is 16.1. The number of thioether (sulfide) groups is 1. The van der Waals surface area contributed by atoms with Crippen molar-refractivity contribution in [3.63, 3.8) is 0 Å². The Morgan fingerprint density at radius 2 is 2.14 bits per heavy atom. The van der Waals surface area contributed by atoms with Crippen LogP contribution < -0.4 is 0 Å². The Labute approximate surface area is 129 Å². The summed E-state index contributed by atoms with van der Waals surface area (Å²) in [5.41, 5.74) is 1.93. The number of rotatable bonds is 2. The van der Waals surface area contributed by atoms with Crippen molar-refractivity contribution < 1.29 is 13.9 Å². The molecule has 1 unspecified atom stereocenters. The summed E-state index contributed by atoms with van der Waals surface area (Å²) in [5, 5.41) is 11.2. The van der Waals surface area contributed by atoms with Gasteiger partial charge in [-0.2, -0.15) is 11.8 Å². The van der Waals surface area contributed by atoms with Gasteiger partial charge in [-0.05, 0) is 48.1 Å². The molecular weight excluding hydrogens is 307 g/mol. The highest BCUT2D eigenvalue weighted by Crippen LogP contribution is 2.37. The molecule has 1 aliphatic rings. The Morgan fingerprint density at radius 1 is 1.24 bits per heavy atom. The lowest BCUT2D eigenvalue weighted by Crippen LogP contribution is -1.96. The molecule has 0 saturated carbocycles. The van der Waals surface area contributed by atoms with Crippen molar-refractivity contribution in [1.82, 2.24) is 0 Å². The first kappa shape index (κ1) is 13.4. The predicted molar refractivity (Wildman–Crippen MR) is 84.4 cm³/mol. The molecule has 0 amide bonds. The molecule has 0 bridgehead atoms. The van der Waals surface area contributed by atoms with Crippen molar-refractivity contribution in [3.05, 3.63) is 57.2 Å². The molecule has 2 aromatic heterocycles. The van der Waals surface area contributed by atoms with Crippen LogP contribution in [-0.4, -0.2) is 10.9 Å². The standard InChI is InChI=1S/C16H13FO2S2/c17-11-1-2-12-9(5-11)6-13(19-12)16(18)15-7-10-8-20-4-3-14(10)21-15/h1-2,5-7,16,18H,3-4,8H2. The molecule has 4 rings (SSSR count). The molecule has 0 fully saturated rings. The van der Waals surface area contributed by atoms with Gasteiger partial charge in [-0.1, -0.05) is 0 Å². The van der Waals surface area contributed by atoms with Crippen molar-refractivity contribution in [2.45, 2.75) is 18.3 Å². The van der Waals surface area contributed by atoms with Crippen molar-refractivity contribution >= 4 is 34.1 Å². The number of aryl methyl sites for hydroxylation is 1. The van der Waals surface area contributed by atoms with Crippen LogP contribution in [0.4, 0.5) is 4.39 Å². The number of fused-ring (bicyclic) bond motifs is 2. The van der Waals surface area contributed by atoms with Gasteiger partial charge in [0.15, 0.2) is 0 Å². The second kappa shape index (κ2) is 5.16. The van der Waals surface area contributed by atoms with E-state index in [1.54, 1.807) is 23.5 Å². The molecular formula is C16H13FO2S2. The first-order valence-electron chi connectivity index (χ1n) is 6.77. The predicted octanol–water partition coefficient (Wildman–Crippen LogP) is 4.50. The molecule has 1 aliphatic heterocycles. The highest BCUT2D eigenvalue weighted by molar-refractivity contribution is 7.98. The van der Waals surface area contributed by atoms with Gasteiger partial charge in [0, 0.05) is 20.9 Å². The molecule has 1 aromatic carbocycles. The van der Waals surface area contributed by atoms with Gasteiger partial charge in [0.05, 0.1) is 0 Å². The largest absolute Gasteiger partial charge is 0.458 e. The van der Waals surface area contributed by atoms with Gasteiger partial charge in [-0.25, -0.2) is 4.39 Å². The zero-order valence-electron chi connectivity index (χ0n) is 11.1. The average molecular weight is 320 g/mol. The molecule has 1 N–H and O–H groups in total. The molecule has 2 nitrogen and oxygen atoms in total. The van der Waals surface area contributed by atoms with Crippen molar-refractivity contribution in [2.24, 2.45) is 0 Å². The van der Waals surface area contributed by atoms with Gasteiger partial charge in [0.2, 0.25) is 0 Å². The number of aliphatic hydroxyl groups is 1. The highest BCUT2D eigenvalue weighted by Gasteiger charge is 2.21. The Balaban J connectivity index is 1.71. The van der Waals surface area contributed by atoms with E-state index >= 15 is 0 Å². The van der Waals surface area contributed by atoms with Crippen LogP contribution in [0.15, 0.2) is 34.7 Å². The third-order valence-electron chi connectivity index (χ3n) is 3.68. The first-order chi connectivity index (χ1) is 10.2. The third-order valence-corrected chi connectivity index (χ3v) is 5.98. The van der Waals surface area contributed by atoms with E-state index in [2.05, 4.69) is 6.07 Å². The smallest absolute Gasteiger partial charge is 0.146 e. The SMILES string of the molecule is OC(c1cc2cc(F)ccc2o1)c1cc2c(s1)CCSC2. The molecule has 108 valence electrons. The van der Waals surface area contributed by atoms with Crippen molar-refractivity contribution in [3.8, 4) is 0 Å². The summed E-state index contributed by atoms with van der Waals surface area (Å²) >= 11 is 3.58. The lowest BCUT2D eigenvalue weighted by molar-refractivity contribution is 0.196. The van der Waals surface area contributed by atoms with Gasteiger partial charge in [-0.15, -0.1) is 11.3 Å². The topological polar surface area (TPSA) is 33.4 Å². The fourth-order valence-corrected chi connectivity index (χ4v) is 4.99. The van der Waals surface area contributed by atoms with Crippen LogP contribution in [0.5, 0.6) is 0 Å². The molecule has 21 heavy (non-hydrogen) atoms. The van der Waals surface area contributed by atoms with E-state index < -0.39 is 6.10 Å². The number of aliphatic hydroxyl groups excluding tert-OH is 1. The average Bonchev–Trinajstić information content (AvgIpc) is 3.09. The van der Waals surface area contributed by atoms with Crippen molar-refractivity contribution in [2.75, 3.05) is 5.75 Å². The molecule has 0 aliphatic carbocycles. The monoisotopic (exact) mass is 320 g/mol. The summed E-state index contributed by atoms with van der Waals surface area (Å²) in [6.45, 7) is 0. The summed E-state index contributed by atoms with van der Waals surface area (Å²) in [6.07, 6.45) is 0.295. The quantitative estimate of drug-likeness (QED) is 0.754. The Bertz CT molecular complexity index is 782. The highest BCUT2D eigenvalue weighted by atomic mass is 32.2. The fraction of sp³-hybridized carbons (Fsp3) is 0.250. The Morgan fingerprint density at radius 3 is 3.00 bits per heavy atom. The maximum Gasteiger partial charge on any atom is 0.146 e. The van der Waals surface area contributed by atoms with E-state index in [1.807, 2.05) is 11.8 Å². The number of hydrogen-bond donors (Lipinski definition) is 1. The zero-order chi connectivity index (χ0) is 14.4. The minimum Gasteiger partial charge on any atom is -0.458 e. The molecule has 3 aromatic rings. The minimum atomic E-state index is -0.777. The molecule has 5 heteroatoms. The van der Waals surface area contributed by atoms with Gasteiger partial charge < -0.3 is 9.52 Å². The van der Waals surface area contributed by atoms with E-state index in [0.717, 1.165) is 22.8 Å². The van der Waals surface area contributed by atoms with Crippen LogP contribution in [0, 0.1) is 5.82 Å². The van der Waals surface area contributed by atoms with Crippen LogP contribution in [0.3, 0.4) is 0 Å². The molecule has 1 atom stereocenters. The molecule has 0 radical (unpaired) electrons. The minimum absolute atomic E-state index is 0.298. The summed E-state index contributed by atoms with van der Waals surface area (Å²) in [7, 11) is 0. The van der Waals surface area contributed by atoms with Crippen LogP contribution in [0.1, 0.15) is 27.2 Å². The van der Waals surface area contributed by atoms with Crippen LogP contribution in [0.25, 0.3) is 11.0 Å². The molecule has 0 spiro atoms. The van der Waals surface area contributed by atoms with E-state index in [-0.39, 0.29) is 5.82 Å². The second-order valence-electron chi connectivity index (χ2n) is 5.13. The van der Waals surface area contributed by atoms with Gasteiger partial charge in [0.25, 0.3) is 0 Å². The maximum absolute atomic E-state index is 13.2. The van der Waals surface area contributed by atoms with Crippen LogP contribution >= 0.6 is 23.1 Å². The van der Waals surface area contributed by atoms with E-state index in [0.29, 0.717) is 16.7 Å². The van der Waals surface area contributed by atoms with E-state index in [4.69, 9.17) is 4.42 Å². The fourth-order valence-electron chi connectivity index (χ4n) is 2.61. The molecule has 3 heterocycles. The van der Waals surface area contributed by atoms with E-state index in [9.17, 15) is 9.50 Å². The maximum atomic E-state index is 13.2. The lowest BCUT2D eigenvalue weighted by atomic mass is 10.1. The number of furan rings is 1. The third kappa shape index (κ3) is 2.39. The molecule has 0 saturated heterocycles. The summed E-state index contributed by atoms with van der Waals surface area (Å²) in [6, 6.07) is 8.17. The van der Waals surface area contributed by atoms with Gasteiger partial charge >= 0.3 is 0 Å². The van der Waals surface area contributed by atoms with Gasteiger partial charge in [-0.3, -0.25) is 0 Å². The number of hydrogen-bond acceptors (Lipinski definition) is 4. The lowest BCUT2D eigenvalue weighted by Gasteiger charge is -2.08.